The molecule has 0 radical (unpaired) electrons. The SMILES string of the molecule is CCCCCCCOC(=O)CCCCCCCCCC(C)(C)C(=O)OCCCCCCC. The van der Waals surface area contributed by atoms with E-state index in [0.29, 0.717) is 19.6 Å². The highest BCUT2D eigenvalue weighted by molar-refractivity contribution is 5.75. The fraction of sp³-hybridized carbons (Fsp3) is 0.929. The predicted octanol–water partition coefficient (Wildman–Crippen LogP) is 8.55. The molecule has 190 valence electrons. The van der Waals surface area contributed by atoms with E-state index >= 15 is 0 Å². The molecule has 0 atom stereocenters. The molecule has 4 heteroatoms. The van der Waals surface area contributed by atoms with E-state index in [0.717, 1.165) is 51.4 Å². The van der Waals surface area contributed by atoms with Crippen molar-refractivity contribution >= 4 is 11.9 Å². The molecular weight excluding hydrogens is 400 g/mol. The molecule has 0 bridgehead atoms. The standard InChI is InChI=1S/C28H54O4/c1-5-7-9-16-20-24-31-26(29)22-18-14-12-11-13-15-19-23-28(3,4)27(30)32-25-21-17-10-8-6-2/h5-25H2,1-4H3. The fourth-order valence-electron chi connectivity index (χ4n) is 3.85. The molecule has 0 aromatic heterocycles. The van der Waals surface area contributed by atoms with Gasteiger partial charge in [-0.2, -0.15) is 0 Å². The summed E-state index contributed by atoms with van der Waals surface area (Å²) in [5.41, 5.74) is -0.375. The average Bonchev–Trinajstić information content (AvgIpc) is 2.77. The van der Waals surface area contributed by atoms with Crippen molar-refractivity contribution in [3.05, 3.63) is 0 Å². The number of carbonyl (C=O) groups excluding carboxylic acids is 2. The first-order valence-corrected chi connectivity index (χ1v) is 13.8. The Balaban J connectivity index is 3.52. The number of rotatable bonds is 23. The van der Waals surface area contributed by atoms with Gasteiger partial charge in [0, 0.05) is 6.42 Å². The predicted molar refractivity (Wildman–Crippen MR) is 135 cm³/mol. The van der Waals surface area contributed by atoms with Gasteiger partial charge in [-0.25, -0.2) is 0 Å². The van der Waals surface area contributed by atoms with Crippen LogP contribution < -0.4 is 0 Å². The summed E-state index contributed by atoms with van der Waals surface area (Å²) in [6.45, 7) is 9.59. The summed E-state index contributed by atoms with van der Waals surface area (Å²) in [5, 5.41) is 0. The molecular formula is C28H54O4. The van der Waals surface area contributed by atoms with Gasteiger partial charge in [0.05, 0.1) is 18.6 Å². The Labute approximate surface area is 199 Å². The number of carbonyl (C=O) groups is 2. The summed E-state index contributed by atoms with van der Waals surface area (Å²) in [6.07, 6.45) is 21.1. The number of hydrogen-bond donors (Lipinski definition) is 0. The Bertz CT molecular complexity index is 445. The molecule has 0 aromatic carbocycles. The molecule has 0 N–H and O–H groups in total. The third-order valence-electron chi connectivity index (χ3n) is 6.23. The molecule has 32 heavy (non-hydrogen) atoms. The third kappa shape index (κ3) is 19.6. The van der Waals surface area contributed by atoms with E-state index < -0.39 is 0 Å². The van der Waals surface area contributed by atoms with Crippen molar-refractivity contribution in [2.45, 2.75) is 150 Å². The molecule has 0 aromatic rings. The summed E-state index contributed by atoms with van der Waals surface area (Å²) in [5.74, 6) is -0.0728. The van der Waals surface area contributed by atoms with E-state index in [1.165, 1.54) is 64.2 Å². The normalized spacial score (nSPS) is 11.5. The topological polar surface area (TPSA) is 52.6 Å². The number of hydrogen-bond acceptors (Lipinski definition) is 4. The Kier molecular flexibility index (Phi) is 21.0. The smallest absolute Gasteiger partial charge is 0.311 e. The van der Waals surface area contributed by atoms with Crippen molar-refractivity contribution in [1.29, 1.82) is 0 Å². The monoisotopic (exact) mass is 454 g/mol. The van der Waals surface area contributed by atoms with E-state index in [2.05, 4.69) is 13.8 Å². The van der Waals surface area contributed by atoms with Crippen LogP contribution in [0.5, 0.6) is 0 Å². The maximum atomic E-state index is 12.3. The van der Waals surface area contributed by atoms with Crippen molar-refractivity contribution in [3.8, 4) is 0 Å². The second-order valence-electron chi connectivity index (χ2n) is 10.0. The van der Waals surface area contributed by atoms with Crippen molar-refractivity contribution in [1.82, 2.24) is 0 Å². The highest BCUT2D eigenvalue weighted by Crippen LogP contribution is 2.26. The maximum absolute atomic E-state index is 12.3. The summed E-state index contributed by atoms with van der Waals surface area (Å²) >= 11 is 0. The molecule has 0 fully saturated rings. The first kappa shape index (κ1) is 30.9. The minimum Gasteiger partial charge on any atom is -0.466 e. The van der Waals surface area contributed by atoms with Gasteiger partial charge in [-0.05, 0) is 39.5 Å². The fourth-order valence-corrected chi connectivity index (χ4v) is 3.85. The van der Waals surface area contributed by atoms with Gasteiger partial charge in [0.1, 0.15) is 0 Å². The first-order chi connectivity index (χ1) is 15.4. The lowest BCUT2D eigenvalue weighted by molar-refractivity contribution is -0.154. The van der Waals surface area contributed by atoms with Crippen LogP contribution in [0, 0.1) is 5.41 Å². The second kappa shape index (κ2) is 21.8. The van der Waals surface area contributed by atoms with Gasteiger partial charge >= 0.3 is 11.9 Å². The van der Waals surface area contributed by atoms with Gasteiger partial charge < -0.3 is 9.47 Å². The molecule has 0 saturated heterocycles. The second-order valence-corrected chi connectivity index (χ2v) is 10.0. The molecule has 0 heterocycles. The first-order valence-electron chi connectivity index (χ1n) is 13.8. The van der Waals surface area contributed by atoms with Crippen LogP contribution >= 0.6 is 0 Å². The number of ether oxygens (including phenoxy) is 2. The molecule has 0 unspecified atom stereocenters. The van der Waals surface area contributed by atoms with Crippen LogP contribution in [0.15, 0.2) is 0 Å². The van der Waals surface area contributed by atoms with E-state index in [1.807, 2.05) is 13.8 Å². The summed E-state index contributed by atoms with van der Waals surface area (Å²) < 4.78 is 10.8. The van der Waals surface area contributed by atoms with Gasteiger partial charge in [-0.1, -0.05) is 104 Å². The minimum absolute atomic E-state index is 0.0319. The zero-order valence-electron chi connectivity index (χ0n) is 22.0. The van der Waals surface area contributed by atoms with E-state index in [4.69, 9.17) is 9.47 Å². The molecule has 0 rings (SSSR count). The molecule has 0 aliphatic carbocycles. The lowest BCUT2D eigenvalue weighted by atomic mass is 9.87. The molecule has 0 spiro atoms. The van der Waals surface area contributed by atoms with Gasteiger partial charge in [0.2, 0.25) is 0 Å². The van der Waals surface area contributed by atoms with Crippen molar-refractivity contribution in [2.24, 2.45) is 5.41 Å². The average molecular weight is 455 g/mol. The van der Waals surface area contributed by atoms with E-state index in [9.17, 15) is 9.59 Å². The van der Waals surface area contributed by atoms with E-state index in [1.54, 1.807) is 0 Å². The van der Waals surface area contributed by atoms with Gasteiger partial charge in [0.15, 0.2) is 0 Å². The highest BCUT2D eigenvalue weighted by atomic mass is 16.5. The van der Waals surface area contributed by atoms with Crippen LogP contribution in [-0.2, 0) is 19.1 Å². The van der Waals surface area contributed by atoms with E-state index in [-0.39, 0.29) is 17.4 Å². The van der Waals surface area contributed by atoms with Crippen molar-refractivity contribution < 1.29 is 19.1 Å². The Hall–Kier alpha value is -1.06. The Morgan fingerprint density at radius 3 is 1.56 bits per heavy atom. The molecule has 4 nitrogen and oxygen atoms in total. The minimum atomic E-state index is -0.375. The summed E-state index contributed by atoms with van der Waals surface area (Å²) in [6, 6.07) is 0. The lowest BCUT2D eigenvalue weighted by Crippen LogP contribution is -2.27. The van der Waals surface area contributed by atoms with Crippen LogP contribution in [0.1, 0.15) is 150 Å². The van der Waals surface area contributed by atoms with Crippen LogP contribution in [-0.4, -0.2) is 25.2 Å². The van der Waals surface area contributed by atoms with Crippen LogP contribution in [0.2, 0.25) is 0 Å². The zero-order valence-corrected chi connectivity index (χ0v) is 22.0. The zero-order chi connectivity index (χ0) is 23.9. The Morgan fingerprint density at radius 1 is 0.562 bits per heavy atom. The van der Waals surface area contributed by atoms with Crippen LogP contribution in [0.3, 0.4) is 0 Å². The van der Waals surface area contributed by atoms with Gasteiger partial charge in [-0.15, -0.1) is 0 Å². The van der Waals surface area contributed by atoms with Crippen molar-refractivity contribution in [3.63, 3.8) is 0 Å². The molecule has 0 aliphatic heterocycles. The largest absolute Gasteiger partial charge is 0.466 e. The Morgan fingerprint density at radius 2 is 1.00 bits per heavy atom. The summed E-state index contributed by atoms with van der Waals surface area (Å²) in [7, 11) is 0. The van der Waals surface area contributed by atoms with Gasteiger partial charge in [0.25, 0.3) is 0 Å². The van der Waals surface area contributed by atoms with Gasteiger partial charge in [-0.3, -0.25) is 9.59 Å². The number of esters is 2. The highest BCUT2D eigenvalue weighted by Gasteiger charge is 2.28. The van der Waals surface area contributed by atoms with Crippen molar-refractivity contribution in [2.75, 3.05) is 13.2 Å². The maximum Gasteiger partial charge on any atom is 0.311 e. The molecule has 0 amide bonds. The summed E-state index contributed by atoms with van der Waals surface area (Å²) in [4.78, 5) is 24.0. The third-order valence-corrected chi connectivity index (χ3v) is 6.23. The quantitative estimate of drug-likeness (QED) is 0.115. The lowest BCUT2D eigenvalue weighted by Gasteiger charge is -2.22. The van der Waals surface area contributed by atoms with Crippen LogP contribution in [0.25, 0.3) is 0 Å². The molecule has 0 saturated carbocycles. The number of unbranched alkanes of at least 4 members (excludes halogenated alkanes) is 14. The molecule has 0 aliphatic rings. The van der Waals surface area contributed by atoms with Crippen LogP contribution in [0.4, 0.5) is 0 Å².